The van der Waals surface area contributed by atoms with Crippen LogP contribution >= 0.6 is 0 Å². The Bertz CT molecular complexity index is 1090. The van der Waals surface area contributed by atoms with Gasteiger partial charge in [-0.05, 0) is 32.6 Å². The van der Waals surface area contributed by atoms with Crippen LogP contribution in [0.2, 0.25) is 0 Å². The molecule has 0 amide bonds. The normalized spacial score (nSPS) is 46.5. The van der Waals surface area contributed by atoms with Gasteiger partial charge in [-0.1, -0.05) is 27.7 Å². The van der Waals surface area contributed by atoms with Crippen molar-refractivity contribution in [2.24, 2.45) is 0 Å². The van der Waals surface area contributed by atoms with E-state index in [1.807, 2.05) is 6.92 Å². The minimum atomic E-state index is -1.87. The van der Waals surface area contributed by atoms with Crippen LogP contribution in [0, 0.1) is 0 Å². The summed E-state index contributed by atoms with van der Waals surface area (Å²) in [4.78, 5) is 0. The molecule has 4 heterocycles. The number of hydrogen-bond acceptors (Lipinski definition) is 19. The zero-order valence-electron chi connectivity index (χ0n) is 31.0. The van der Waals surface area contributed by atoms with Crippen molar-refractivity contribution in [1.82, 2.24) is 5.32 Å². The van der Waals surface area contributed by atoms with Crippen molar-refractivity contribution in [3.05, 3.63) is 0 Å². The van der Waals surface area contributed by atoms with Crippen LogP contribution in [-0.4, -0.2) is 211 Å². The smallest absolute Gasteiger partial charge is 0.187 e. The van der Waals surface area contributed by atoms with Crippen LogP contribution in [0.25, 0.3) is 0 Å². The van der Waals surface area contributed by atoms with E-state index in [1.54, 1.807) is 27.7 Å². The second-order valence-corrected chi connectivity index (χ2v) is 14.6. The molecule has 0 aromatic heterocycles. The minimum Gasteiger partial charge on any atom is -0.394 e. The summed E-state index contributed by atoms with van der Waals surface area (Å²) in [6.07, 6.45) is -26.7. The first-order valence-electron chi connectivity index (χ1n) is 18.8. The number of aliphatic hydroxyl groups is 11. The highest BCUT2D eigenvalue weighted by molar-refractivity contribution is 5.04. The van der Waals surface area contributed by atoms with Gasteiger partial charge >= 0.3 is 0 Å². The highest BCUT2D eigenvalue weighted by Crippen LogP contribution is 2.40. The molecular formula is C34H63NO18. The van der Waals surface area contributed by atoms with Gasteiger partial charge < -0.3 is 94.6 Å². The molecule has 0 radical (unpaired) electrons. The predicted octanol–water partition coefficient (Wildman–Crippen LogP) is -4.65. The first-order valence-corrected chi connectivity index (χ1v) is 18.8. The van der Waals surface area contributed by atoms with Crippen LogP contribution in [0.4, 0.5) is 0 Å². The van der Waals surface area contributed by atoms with Crippen molar-refractivity contribution in [1.29, 1.82) is 0 Å². The van der Waals surface area contributed by atoms with E-state index in [-0.39, 0.29) is 38.5 Å². The van der Waals surface area contributed by atoms with Gasteiger partial charge in [-0.15, -0.1) is 0 Å². The Kier molecular flexibility index (Phi) is 16.6. The second-order valence-electron chi connectivity index (χ2n) is 14.6. The lowest BCUT2D eigenvalue weighted by Crippen LogP contribution is -2.69. The number of aliphatic hydroxyl groups excluding tert-OH is 11. The van der Waals surface area contributed by atoms with E-state index >= 15 is 0 Å². The molecule has 4 fully saturated rings. The summed E-state index contributed by atoms with van der Waals surface area (Å²) in [5.74, 6) is 0. The molecule has 312 valence electrons. The molecular weight excluding hydrogens is 710 g/mol. The number of β-amino-alcohol motifs (C(OH)–C–C–N with tert-alkyl or cyclic N) is 2. The summed E-state index contributed by atoms with van der Waals surface area (Å²) in [7, 11) is 0. The third-order valence-corrected chi connectivity index (χ3v) is 11.2. The molecule has 4 aliphatic heterocycles. The summed E-state index contributed by atoms with van der Waals surface area (Å²) in [5, 5.41) is 122. The average Bonchev–Trinajstić information content (AvgIpc) is 3.27. The highest BCUT2D eigenvalue weighted by atomic mass is 16.7. The van der Waals surface area contributed by atoms with Crippen molar-refractivity contribution in [2.75, 3.05) is 26.3 Å². The lowest BCUT2D eigenvalue weighted by atomic mass is 9.80. The topological polar surface area (TPSA) is 299 Å². The summed E-state index contributed by atoms with van der Waals surface area (Å²) in [6, 6.07) is 0. The fourth-order valence-electron chi connectivity index (χ4n) is 7.58. The number of nitrogens with one attached hydrogen (secondary N) is 1. The molecule has 4 aliphatic rings. The molecule has 20 atom stereocenters. The first kappa shape index (κ1) is 44.9. The maximum Gasteiger partial charge on any atom is 0.187 e. The lowest BCUT2D eigenvalue weighted by Gasteiger charge is -2.53. The third kappa shape index (κ3) is 9.52. The van der Waals surface area contributed by atoms with Gasteiger partial charge in [-0.3, -0.25) is 0 Å². The molecule has 4 saturated heterocycles. The molecule has 4 rings (SSSR count). The Hall–Kier alpha value is -0.760. The molecule has 20 unspecified atom stereocenters. The molecule has 19 nitrogen and oxygen atoms in total. The van der Waals surface area contributed by atoms with Gasteiger partial charge in [-0.2, -0.15) is 0 Å². The van der Waals surface area contributed by atoms with Crippen LogP contribution in [-0.2, 0) is 33.2 Å². The van der Waals surface area contributed by atoms with Crippen molar-refractivity contribution in [2.45, 2.75) is 188 Å². The number of hydrogen-bond donors (Lipinski definition) is 12. The van der Waals surface area contributed by atoms with E-state index in [9.17, 15) is 56.2 Å². The van der Waals surface area contributed by atoms with Crippen molar-refractivity contribution in [3.8, 4) is 0 Å². The van der Waals surface area contributed by atoms with Gasteiger partial charge in [-0.25, -0.2) is 0 Å². The van der Waals surface area contributed by atoms with Gasteiger partial charge in [0.1, 0.15) is 85.5 Å². The summed E-state index contributed by atoms with van der Waals surface area (Å²) in [5.41, 5.74) is -1.37. The zero-order chi connectivity index (χ0) is 39.4. The summed E-state index contributed by atoms with van der Waals surface area (Å²) < 4.78 is 41.9. The van der Waals surface area contributed by atoms with E-state index in [2.05, 4.69) is 5.32 Å². The molecule has 0 aromatic rings. The fourth-order valence-corrected chi connectivity index (χ4v) is 7.58. The van der Waals surface area contributed by atoms with E-state index in [4.69, 9.17) is 33.2 Å². The van der Waals surface area contributed by atoms with Crippen molar-refractivity contribution >= 4 is 0 Å². The van der Waals surface area contributed by atoms with Gasteiger partial charge in [0.15, 0.2) is 12.6 Å². The molecule has 19 heteroatoms. The van der Waals surface area contributed by atoms with E-state index < -0.39 is 135 Å². The van der Waals surface area contributed by atoms with Crippen LogP contribution in [0.5, 0.6) is 0 Å². The maximum absolute atomic E-state index is 11.5. The molecule has 12 N–H and O–H groups in total. The van der Waals surface area contributed by atoms with E-state index in [1.165, 1.54) is 0 Å². The molecule has 0 spiro atoms. The third-order valence-electron chi connectivity index (χ3n) is 11.2. The van der Waals surface area contributed by atoms with E-state index in [0.29, 0.717) is 6.42 Å². The number of rotatable bonds is 15. The van der Waals surface area contributed by atoms with Crippen LogP contribution < -0.4 is 5.32 Å². The molecule has 0 saturated carbocycles. The first-order chi connectivity index (χ1) is 25.1. The van der Waals surface area contributed by atoms with Gasteiger partial charge in [0, 0.05) is 13.1 Å². The van der Waals surface area contributed by atoms with Gasteiger partial charge in [0.2, 0.25) is 0 Å². The largest absolute Gasteiger partial charge is 0.394 e. The Morgan fingerprint density at radius 3 is 1.66 bits per heavy atom. The quantitative estimate of drug-likeness (QED) is 0.0745. The second kappa shape index (κ2) is 19.6. The Balaban J connectivity index is 1.49. The minimum absolute atomic E-state index is 0.0416. The SMILES string of the molecule is CCC(C)OC1C(CO)OC(C(CC)(CC)OC2C(CC)OC(OC3C(CO)OC(OC4C(O)CNCC(O)C4O)C(O)C3O)C(O)C2O)C(O)C1O. The predicted molar refractivity (Wildman–Crippen MR) is 180 cm³/mol. The van der Waals surface area contributed by atoms with Crippen molar-refractivity contribution < 1.29 is 89.3 Å². The lowest BCUT2D eigenvalue weighted by molar-refractivity contribution is -0.375. The molecule has 53 heavy (non-hydrogen) atoms. The van der Waals surface area contributed by atoms with Crippen molar-refractivity contribution in [3.63, 3.8) is 0 Å². The Labute approximate surface area is 309 Å². The maximum atomic E-state index is 11.5. The zero-order valence-corrected chi connectivity index (χ0v) is 31.0. The van der Waals surface area contributed by atoms with E-state index in [0.717, 1.165) is 0 Å². The molecule has 0 aliphatic carbocycles. The highest BCUT2D eigenvalue weighted by Gasteiger charge is 2.57. The standard InChI is InChI=1S/C34H63NO18/c1-6-14(5)47-28-18(12-36)48-31(24(44)21(28)41)34(8-3,9-4)53-30-17(7-2)49-32(26(46)23(30)43)52-29-19(13-37)50-33(25(45)22(29)42)51-27-16(39)11-35-10-15(38)20(27)40/h14-33,35-46H,6-13H2,1-5H3. The Morgan fingerprint density at radius 1 is 0.604 bits per heavy atom. The summed E-state index contributed by atoms with van der Waals surface area (Å²) >= 11 is 0. The van der Waals surface area contributed by atoms with Crippen LogP contribution in [0.3, 0.4) is 0 Å². The molecule has 0 aromatic carbocycles. The molecule has 0 bridgehead atoms. The van der Waals surface area contributed by atoms with Gasteiger partial charge in [0.25, 0.3) is 0 Å². The monoisotopic (exact) mass is 773 g/mol. The Morgan fingerprint density at radius 2 is 1.11 bits per heavy atom. The average molecular weight is 774 g/mol. The summed E-state index contributed by atoms with van der Waals surface area (Å²) in [6.45, 7) is 7.52. The fraction of sp³-hybridized carbons (Fsp3) is 1.00. The van der Waals surface area contributed by atoms with Crippen LogP contribution in [0.15, 0.2) is 0 Å². The van der Waals surface area contributed by atoms with Crippen LogP contribution in [0.1, 0.15) is 60.3 Å². The van der Waals surface area contributed by atoms with Gasteiger partial charge in [0.05, 0.1) is 43.2 Å². The number of ether oxygens (including phenoxy) is 7.